The molecule has 2 aliphatic carbocycles. The third-order valence-electron chi connectivity index (χ3n) is 15.1. The summed E-state index contributed by atoms with van der Waals surface area (Å²) in [6, 6.07) is 18.7. The molecule has 3 aromatic carbocycles. The number of fused-ring (bicyclic) bond motifs is 1. The Kier molecular flexibility index (Phi) is 22.4. The summed E-state index contributed by atoms with van der Waals surface area (Å²) in [4.78, 5) is 70.8. The predicted molar refractivity (Wildman–Crippen MR) is 305 cm³/mol. The summed E-state index contributed by atoms with van der Waals surface area (Å²) in [5, 5.41) is 18.9. The number of hydrogen-bond donors (Lipinski definition) is 3. The highest BCUT2D eigenvalue weighted by Crippen LogP contribution is 2.55. The smallest absolute Gasteiger partial charge is 0.410 e. The largest absolute Gasteiger partial charge is 0.491 e. The van der Waals surface area contributed by atoms with Crippen molar-refractivity contribution < 1.29 is 61.9 Å². The number of amides is 5. The van der Waals surface area contributed by atoms with E-state index in [4.69, 9.17) is 49.5 Å². The number of ether oxygens (including phenoxy) is 8. The zero-order valence-corrected chi connectivity index (χ0v) is 50.1. The number of nitriles is 1. The van der Waals surface area contributed by atoms with Gasteiger partial charge in [-0.1, -0.05) is 84.3 Å². The van der Waals surface area contributed by atoms with Crippen LogP contribution in [0.1, 0.15) is 122 Å². The average molecular weight is 1150 g/mol. The van der Waals surface area contributed by atoms with Crippen LogP contribution < -0.4 is 25.4 Å². The third-order valence-corrected chi connectivity index (χ3v) is 15.4. The van der Waals surface area contributed by atoms with Gasteiger partial charge in [0.05, 0.1) is 82.2 Å². The van der Waals surface area contributed by atoms with Gasteiger partial charge in [0.2, 0.25) is 17.7 Å². The van der Waals surface area contributed by atoms with E-state index in [1.165, 1.54) is 11.9 Å². The maximum atomic E-state index is 14.3. The minimum absolute atomic E-state index is 0.166. The normalized spacial score (nSPS) is 20.6. The molecule has 0 bridgehead atoms. The molecule has 0 aromatic heterocycles. The molecule has 5 amide bonds. The number of nitrogens with zero attached hydrogens (tertiary/aromatic N) is 3. The molecule has 0 spiro atoms. The van der Waals surface area contributed by atoms with Crippen LogP contribution in [-0.4, -0.2) is 161 Å². The van der Waals surface area contributed by atoms with Gasteiger partial charge in [-0.15, -0.1) is 0 Å². The molecule has 19 nitrogen and oxygen atoms in total. The van der Waals surface area contributed by atoms with Gasteiger partial charge in [-0.2, -0.15) is 5.26 Å². The van der Waals surface area contributed by atoms with Gasteiger partial charge in [-0.25, -0.2) is 4.79 Å². The Morgan fingerprint density at radius 3 is 1.95 bits per heavy atom. The summed E-state index contributed by atoms with van der Waals surface area (Å²) in [6.45, 7) is 24.6. The Morgan fingerprint density at radius 2 is 1.37 bits per heavy atom. The number of halogens is 1. The van der Waals surface area contributed by atoms with Crippen LogP contribution in [0.4, 0.5) is 4.79 Å². The van der Waals surface area contributed by atoms with Crippen LogP contribution in [0.2, 0.25) is 5.02 Å². The number of nitrogens with one attached hydrogen (secondary N) is 3. The molecule has 2 fully saturated rings. The van der Waals surface area contributed by atoms with Gasteiger partial charge in [0.25, 0.3) is 5.91 Å². The van der Waals surface area contributed by atoms with Gasteiger partial charge in [-0.3, -0.25) is 24.1 Å². The van der Waals surface area contributed by atoms with Gasteiger partial charge in [0, 0.05) is 48.5 Å². The van der Waals surface area contributed by atoms with Crippen molar-refractivity contribution in [2.75, 3.05) is 79.7 Å². The number of carbonyl (C=O) groups is 5. The Labute approximate surface area is 483 Å². The molecule has 444 valence electrons. The van der Waals surface area contributed by atoms with E-state index < -0.39 is 47.2 Å². The van der Waals surface area contributed by atoms with Crippen molar-refractivity contribution in [1.82, 2.24) is 25.8 Å². The Bertz CT molecular complexity index is 2650. The number of likely N-dealkylation sites (tertiary alicyclic amines) is 1. The molecule has 5 atom stereocenters. The van der Waals surface area contributed by atoms with Crippen LogP contribution in [0.3, 0.4) is 0 Å². The van der Waals surface area contributed by atoms with Crippen LogP contribution in [0.25, 0.3) is 0 Å². The lowest BCUT2D eigenvalue weighted by atomic mass is 9.49. The minimum Gasteiger partial charge on any atom is -0.491 e. The molecule has 3 N–H and O–H groups in total. The summed E-state index contributed by atoms with van der Waals surface area (Å²) in [6.07, 6.45) is 0.474. The van der Waals surface area contributed by atoms with E-state index in [2.05, 4.69) is 49.7 Å². The Morgan fingerprint density at radius 1 is 0.790 bits per heavy atom. The zero-order chi connectivity index (χ0) is 59.3. The fourth-order valence-corrected chi connectivity index (χ4v) is 11.1. The molecular weight excluding hydrogens is 1060 g/mol. The number of likely N-dealkylation sites (N-methyl/N-ethyl adjacent to an activating group) is 1. The molecule has 0 radical (unpaired) electrons. The highest BCUT2D eigenvalue weighted by atomic mass is 35.5. The van der Waals surface area contributed by atoms with Crippen molar-refractivity contribution in [3.63, 3.8) is 0 Å². The van der Waals surface area contributed by atoms with Crippen LogP contribution in [0, 0.1) is 27.6 Å². The summed E-state index contributed by atoms with van der Waals surface area (Å²) in [7, 11) is 1.48. The minimum atomic E-state index is -0.967. The van der Waals surface area contributed by atoms with Crippen molar-refractivity contribution in [3.05, 3.63) is 94.0 Å². The fraction of sp³-hybridized carbons (Fsp3) is 0.607. The van der Waals surface area contributed by atoms with Crippen LogP contribution in [-0.2, 0) is 49.2 Å². The monoisotopic (exact) mass is 1140 g/mol. The summed E-state index contributed by atoms with van der Waals surface area (Å²) in [5.41, 5.74) is 0.703. The number of carbonyl (C=O) groups excluding carboxylic acids is 5. The quantitative estimate of drug-likeness (QED) is 0.0619. The molecule has 20 heteroatoms. The summed E-state index contributed by atoms with van der Waals surface area (Å²) >= 11 is 6.24. The molecule has 81 heavy (non-hydrogen) atoms. The molecular formula is C61H85ClN6O13. The maximum absolute atomic E-state index is 14.3. The number of rotatable bonds is 27. The lowest BCUT2D eigenvalue weighted by molar-refractivity contribution is -0.164. The molecule has 6 rings (SSSR count). The van der Waals surface area contributed by atoms with Crippen molar-refractivity contribution in [1.29, 1.82) is 5.26 Å². The number of hydrogen-bond acceptors (Lipinski definition) is 14. The second kappa shape index (κ2) is 28.3. The Hall–Kier alpha value is -6.01. The SMILES string of the molecule is C[C@@H](C(=O)N[C@H](C(=O)N1CCC[C@H]1C(=O)N[C@H]1c2ccccc2C[C@H]1OCCOCCOCCOCCOCCOc1ccc(C(=O)N[C@H]2C(C)(C)[C@H](Oc3ccc(C#N)c(Cl)c3)C2(C)C)cc1)C(C)(C)C)N(C)C(=O)OC(C)(C)C. The highest BCUT2D eigenvalue weighted by molar-refractivity contribution is 6.31. The topological polar surface area (TPSA) is 226 Å². The van der Waals surface area contributed by atoms with Crippen molar-refractivity contribution in [2.45, 2.75) is 143 Å². The van der Waals surface area contributed by atoms with Gasteiger partial charge in [0.1, 0.15) is 54.0 Å². The molecule has 3 aliphatic rings. The van der Waals surface area contributed by atoms with Crippen LogP contribution >= 0.6 is 11.6 Å². The molecule has 1 aliphatic heterocycles. The second-order valence-corrected chi connectivity index (χ2v) is 24.6. The predicted octanol–water partition coefficient (Wildman–Crippen LogP) is 7.84. The Balaban J connectivity index is 0.818. The van der Waals surface area contributed by atoms with E-state index in [0.717, 1.165) is 11.1 Å². The first-order valence-corrected chi connectivity index (χ1v) is 28.4. The van der Waals surface area contributed by atoms with Crippen molar-refractivity contribution in [3.8, 4) is 17.6 Å². The van der Waals surface area contributed by atoms with E-state index in [0.29, 0.717) is 120 Å². The molecule has 0 unspecified atom stereocenters. The van der Waals surface area contributed by atoms with E-state index in [-0.39, 0.29) is 46.8 Å². The van der Waals surface area contributed by atoms with Crippen LogP contribution in [0.5, 0.6) is 11.5 Å². The molecule has 3 aromatic rings. The summed E-state index contributed by atoms with van der Waals surface area (Å²) < 4.78 is 46.7. The average Bonchev–Trinajstić information content (AvgIpc) is 4.15. The zero-order valence-electron chi connectivity index (χ0n) is 49.3. The summed E-state index contributed by atoms with van der Waals surface area (Å²) in [5.74, 6) is -0.157. The lowest BCUT2D eigenvalue weighted by Gasteiger charge is -2.63. The van der Waals surface area contributed by atoms with Crippen LogP contribution in [0.15, 0.2) is 66.7 Å². The van der Waals surface area contributed by atoms with Crippen molar-refractivity contribution in [2.24, 2.45) is 16.2 Å². The maximum Gasteiger partial charge on any atom is 0.410 e. The third kappa shape index (κ3) is 17.0. The van der Waals surface area contributed by atoms with E-state index in [9.17, 15) is 29.2 Å². The highest BCUT2D eigenvalue weighted by Gasteiger charge is 2.64. The van der Waals surface area contributed by atoms with Crippen molar-refractivity contribution >= 4 is 41.3 Å². The molecule has 1 saturated carbocycles. The fourth-order valence-electron chi connectivity index (χ4n) is 10.9. The standard InChI is InChI=1S/C61H85ClN6O13/c1-39(67(12)57(73)81-59(5,6)7)51(69)65-50(58(2,3)4)54(72)68-25-15-18-47(68)53(71)64-49-45-17-14-13-16-41(45)36-48(49)79-35-33-77-31-29-75-27-26-74-28-30-76-32-34-78-43-22-19-40(20-23-43)52(70)66-55-60(8,9)56(61(55,10)11)80-44-24-21-42(38-63)46(62)37-44/h13-14,16-17,19-24,37,39,47-50,55-56H,15,18,25-36H2,1-12H3,(H,64,71)(H,65,69)(H,66,70)/t39-,47-,48+,49-,50+,55-,56-/m0/s1. The second-order valence-electron chi connectivity index (χ2n) is 24.2. The number of benzene rings is 3. The van der Waals surface area contributed by atoms with Gasteiger partial charge < -0.3 is 58.7 Å². The first-order valence-electron chi connectivity index (χ1n) is 28.0. The van der Waals surface area contributed by atoms with E-state index in [1.807, 2.05) is 45.0 Å². The van der Waals surface area contributed by atoms with E-state index >= 15 is 0 Å². The van der Waals surface area contributed by atoms with Gasteiger partial charge >= 0.3 is 6.09 Å². The first-order chi connectivity index (χ1) is 38.2. The molecule has 1 heterocycles. The van der Waals surface area contributed by atoms with E-state index in [1.54, 1.807) is 75.1 Å². The molecule has 1 saturated heterocycles. The first kappa shape index (κ1) is 64.2. The van der Waals surface area contributed by atoms with Gasteiger partial charge in [0.15, 0.2) is 0 Å². The lowest BCUT2D eigenvalue weighted by Crippen LogP contribution is -2.74. The van der Waals surface area contributed by atoms with Gasteiger partial charge in [-0.05, 0) is 93.5 Å².